The van der Waals surface area contributed by atoms with E-state index in [1.54, 1.807) is 0 Å². The topological polar surface area (TPSA) is 131 Å². The molecule has 2 unspecified atom stereocenters. The number of aliphatic hydroxyl groups is 1. The van der Waals surface area contributed by atoms with Gasteiger partial charge in [0.15, 0.2) is 0 Å². The van der Waals surface area contributed by atoms with Crippen molar-refractivity contribution in [3.05, 3.63) is 0 Å². The predicted molar refractivity (Wildman–Crippen MR) is 114 cm³/mol. The molecule has 0 radical (unpaired) electrons. The summed E-state index contributed by atoms with van der Waals surface area (Å²) in [5, 5.41) is 12.2. The first-order chi connectivity index (χ1) is 14.3. The highest BCUT2D eigenvalue weighted by atomic mass is 31.2. The van der Waals surface area contributed by atoms with E-state index in [4.69, 9.17) is 9.26 Å². The van der Waals surface area contributed by atoms with Crippen molar-refractivity contribution >= 4 is 19.7 Å². The lowest BCUT2D eigenvalue weighted by atomic mass is 10.1. The van der Waals surface area contributed by atoms with E-state index in [1.165, 1.54) is 32.1 Å². The van der Waals surface area contributed by atoms with Crippen molar-refractivity contribution in [1.29, 1.82) is 0 Å². The second-order valence-corrected chi connectivity index (χ2v) is 8.71. The fourth-order valence-electron chi connectivity index (χ4n) is 2.59. The first-order valence-electron chi connectivity index (χ1n) is 11.0. The van der Waals surface area contributed by atoms with Gasteiger partial charge in [-0.25, -0.2) is 4.57 Å². The Balaban J connectivity index is 3.69. The van der Waals surface area contributed by atoms with E-state index in [1.807, 2.05) is 6.92 Å². The lowest BCUT2D eigenvalue weighted by Crippen LogP contribution is -2.27. The third-order valence-corrected chi connectivity index (χ3v) is 5.24. The normalized spacial score (nSPS) is 14.1. The zero-order valence-corrected chi connectivity index (χ0v) is 19.4. The minimum atomic E-state index is -4.36. The van der Waals surface area contributed by atoms with E-state index in [-0.39, 0.29) is 32.1 Å². The predicted octanol–water partition coefficient (Wildman–Crippen LogP) is 3.47. The van der Waals surface area contributed by atoms with Gasteiger partial charge in [0.1, 0.15) is 12.7 Å². The van der Waals surface area contributed by atoms with Crippen LogP contribution in [0.25, 0.3) is 0 Å². The second-order valence-electron chi connectivity index (χ2n) is 7.26. The first-order valence-corrected chi connectivity index (χ1v) is 12.5. The number of nitrogens with one attached hydrogen (secondary N) is 1. The summed E-state index contributed by atoms with van der Waals surface area (Å²) in [6.07, 6.45) is 9.28. The fourth-order valence-corrected chi connectivity index (χ4v) is 3.35. The number of unbranched alkanes of at least 4 members (excludes halogenated alkanes) is 7. The number of phosphoric acid groups is 1. The summed E-state index contributed by atoms with van der Waals surface area (Å²) in [6.45, 7) is 3.06. The molecule has 0 heterocycles. The summed E-state index contributed by atoms with van der Waals surface area (Å²) < 4.78 is 25.9. The van der Waals surface area contributed by atoms with E-state index >= 15 is 0 Å². The summed E-state index contributed by atoms with van der Waals surface area (Å²) in [5.74, 6) is -0.578. The molecule has 0 aliphatic carbocycles. The highest BCUT2D eigenvalue weighted by Gasteiger charge is 2.23. The minimum Gasteiger partial charge on any atom is -0.463 e. The Morgan fingerprint density at radius 1 is 0.900 bits per heavy atom. The van der Waals surface area contributed by atoms with Gasteiger partial charge in [-0.3, -0.25) is 18.6 Å². The van der Waals surface area contributed by atoms with Crippen molar-refractivity contribution in [1.82, 2.24) is 5.32 Å². The number of hydrogen-bond acceptors (Lipinski definition) is 7. The average Bonchev–Trinajstić information content (AvgIpc) is 2.70. The minimum absolute atomic E-state index is 0.0843. The zero-order chi connectivity index (χ0) is 22.7. The van der Waals surface area contributed by atoms with Crippen molar-refractivity contribution in [3.63, 3.8) is 0 Å². The van der Waals surface area contributed by atoms with Gasteiger partial charge >= 0.3 is 13.8 Å². The fraction of sp³-hybridized carbons (Fsp3) is 0.900. The summed E-state index contributed by atoms with van der Waals surface area (Å²) in [6, 6.07) is 0. The summed E-state index contributed by atoms with van der Waals surface area (Å²) in [5.41, 5.74) is 0. The Kier molecular flexibility index (Phi) is 18.1. The average molecular weight is 454 g/mol. The Hall–Kier alpha value is -0.990. The molecule has 3 N–H and O–H groups in total. The van der Waals surface area contributed by atoms with Crippen molar-refractivity contribution in [3.8, 4) is 0 Å². The summed E-state index contributed by atoms with van der Waals surface area (Å²) >= 11 is 0. The molecule has 0 aromatic heterocycles. The SMILES string of the molecule is CCCCCCCCCCC(=O)NCCOP(=O)(O)OCC(O)COC(=O)CCC. The van der Waals surface area contributed by atoms with Gasteiger partial charge in [-0.2, -0.15) is 0 Å². The van der Waals surface area contributed by atoms with Crippen LogP contribution in [0, 0.1) is 0 Å². The molecule has 0 saturated carbocycles. The number of ether oxygens (including phenoxy) is 1. The second kappa shape index (κ2) is 18.8. The molecule has 10 heteroatoms. The van der Waals surface area contributed by atoms with Crippen LogP contribution in [0.4, 0.5) is 0 Å². The van der Waals surface area contributed by atoms with Gasteiger partial charge in [0.05, 0.1) is 13.2 Å². The monoisotopic (exact) mass is 453 g/mol. The van der Waals surface area contributed by atoms with E-state index in [0.717, 1.165) is 19.3 Å². The summed E-state index contributed by atoms with van der Waals surface area (Å²) in [7, 11) is -4.36. The number of amides is 1. The van der Waals surface area contributed by atoms with E-state index in [0.29, 0.717) is 12.8 Å². The lowest BCUT2D eigenvalue weighted by Gasteiger charge is -2.15. The van der Waals surface area contributed by atoms with Crippen LogP contribution in [0.3, 0.4) is 0 Å². The molecule has 0 bridgehead atoms. The van der Waals surface area contributed by atoms with Crippen LogP contribution in [0.5, 0.6) is 0 Å². The third kappa shape index (κ3) is 19.0. The van der Waals surface area contributed by atoms with Crippen LogP contribution >= 0.6 is 7.82 Å². The standard InChI is InChI=1S/C20H40NO8P/c1-3-5-6-7-8-9-10-11-13-19(23)21-14-15-28-30(25,26)29-17-18(22)16-27-20(24)12-4-2/h18,22H,3-17H2,1-2H3,(H,21,23)(H,25,26). The molecule has 30 heavy (non-hydrogen) atoms. The molecule has 178 valence electrons. The number of aliphatic hydroxyl groups excluding tert-OH is 1. The molecule has 0 rings (SSSR count). The largest absolute Gasteiger partial charge is 0.472 e. The highest BCUT2D eigenvalue weighted by molar-refractivity contribution is 7.47. The van der Waals surface area contributed by atoms with Gasteiger partial charge in [-0.15, -0.1) is 0 Å². The molecular formula is C20H40NO8P. The third-order valence-electron chi connectivity index (χ3n) is 4.26. The van der Waals surface area contributed by atoms with Crippen LogP contribution < -0.4 is 5.32 Å². The van der Waals surface area contributed by atoms with Crippen LogP contribution in [0.2, 0.25) is 0 Å². The van der Waals surface area contributed by atoms with Crippen LogP contribution in [0.15, 0.2) is 0 Å². The van der Waals surface area contributed by atoms with Crippen LogP contribution in [-0.4, -0.2) is 54.3 Å². The van der Waals surface area contributed by atoms with Crippen LogP contribution in [0.1, 0.15) is 84.5 Å². The first kappa shape index (κ1) is 29.0. The zero-order valence-electron chi connectivity index (χ0n) is 18.5. The van der Waals surface area contributed by atoms with Gasteiger partial charge in [0.2, 0.25) is 5.91 Å². The number of rotatable bonds is 20. The molecule has 0 spiro atoms. The van der Waals surface area contributed by atoms with Crippen molar-refractivity contribution in [2.24, 2.45) is 0 Å². The molecule has 1 amide bonds. The molecule has 0 aliphatic heterocycles. The molecular weight excluding hydrogens is 413 g/mol. The Bertz CT molecular complexity index is 503. The number of esters is 1. The molecule has 0 saturated heterocycles. The van der Waals surface area contributed by atoms with Gasteiger partial charge in [0, 0.05) is 19.4 Å². The van der Waals surface area contributed by atoms with Gasteiger partial charge in [-0.05, 0) is 12.8 Å². The van der Waals surface area contributed by atoms with Gasteiger partial charge < -0.3 is 20.1 Å². The summed E-state index contributed by atoms with van der Waals surface area (Å²) in [4.78, 5) is 32.5. The molecule has 0 aliphatic rings. The lowest BCUT2D eigenvalue weighted by molar-refractivity contribution is -0.147. The smallest absolute Gasteiger partial charge is 0.463 e. The van der Waals surface area contributed by atoms with E-state index < -0.39 is 26.5 Å². The molecule has 0 aromatic rings. The molecule has 9 nitrogen and oxygen atoms in total. The van der Waals surface area contributed by atoms with Crippen molar-refractivity contribution in [2.75, 3.05) is 26.4 Å². The number of carbonyl (C=O) groups is 2. The number of phosphoric ester groups is 1. The Morgan fingerprint density at radius 3 is 2.17 bits per heavy atom. The van der Waals surface area contributed by atoms with Crippen molar-refractivity contribution in [2.45, 2.75) is 90.6 Å². The van der Waals surface area contributed by atoms with E-state index in [9.17, 15) is 24.2 Å². The maximum Gasteiger partial charge on any atom is 0.472 e. The van der Waals surface area contributed by atoms with Gasteiger partial charge in [-0.1, -0.05) is 58.8 Å². The highest BCUT2D eigenvalue weighted by Crippen LogP contribution is 2.42. The van der Waals surface area contributed by atoms with Gasteiger partial charge in [0.25, 0.3) is 0 Å². The quantitative estimate of drug-likeness (QED) is 0.145. The molecule has 2 atom stereocenters. The maximum absolute atomic E-state index is 11.7. The van der Waals surface area contributed by atoms with Crippen LogP contribution in [-0.2, 0) is 27.9 Å². The number of hydrogen-bond donors (Lipinski definition) is 3. The Labute approximate surface area is 180 Å². The maximum atomic E-state index is 11.7. The number of carbonyl (C=O) groups excluding carboxylic acids is 2. The molecule has 0 aromatic carbocycles. The Morgan fingerprint density at radius 2 is 1.53 bits per heavy atom. The van der Waals surface area contributed by atoms with Crippen molar-refractivity contribution < 1.29 is 37.9 Å². The van der Waals surface area contributed by atoms with E-state index in [2.05, 4.69) is 16.8 Å². The molecule has 0 fully saturated rings.